The molecule has 0 saturated carbocycles. The van der Waals surface area contributed by atoms with Gasteiger partial charge in [-0.15, -0.1) is 0 Å². The van der Waals surface area contributed by atoms with Crippen molar-refractivity contribution < 1.29 is 0 Å². The average molecular weight is 217 g/mol. The summed E-state index contributed by atoms with van der Waals surface area (Å²) in [5.74, 6) is 0. The molecule has 2 aromatic rings. The Labute approximate surface area is 96.5 Å². The van der Waals surface area contributed by atoms with Crippen LogP contribution in [-0.4, -0.2) is 22.9 Å². The van der Waals surface area contributed by atoms with Crippen molar-refractivity contribution in [2.45, 2.75) is 19.8 Å². The molecule has 0 aliphatic rings. The van der Waals surface area contributed by atoms with Crippen molar-refractivity contribution in [3.8, 4) is 0 Å². The van der Waals surface area contributed by atoms with Crippen LogP contribution in [0.1, 0.15) is 19.0 Å². The molecule has 86 valence electrons. The first-order chi connectivity index (χ1) is 7.83. The minimum Gasteiger partial charge on any atom is -0.316 e. The zero-order valence-electron chi connectivity index (χ0n) is 10.0. The Kier molecular flexibility index (Phi) is 3.57. The lowest BCUT2D eigenvalue weighted by Crippen LogP contribution is -2.18. The first-order valence-electron chi connectivity index (χ1n) is 5.94. The Balaban J connectivity index is 2.12. The summed E-state index contributed by atoms with van der Waals surface area (Å²) in [6.07, 6.45) is 2.18. The molecule has 1 aromatic carbocycles. The monoisotopic (exact) mass is 217 g/mol. The highest BCUT2D eigenvalue weighted by Gasteiger charge is 2.06. The number of benzene rings is 1. The third kappa shape index (κ3) is 2.25. The van der Waals surface area contributed by atoms with Crippen molar-refractivity contribution in [2.24, 2.45) is 7.05 Å². The van der Waals surface area contributed by atoms with Gasteiger partial charge in [0, 0.05) is 25.4 Å². The van der Waals surface area contributed by atoms with Gasteiger partial charge in [0.2, 0.25) is 0 Å². The van der Waals surface area contributed by atoms with Gasteiger partial charge in [-0.3, -0.25) is 4.68 Å². The number of aryl methyl sites for hydroxylation is 1. The Hall–Kier alpha value is -1.35. The second-order valence-electron chi connectivity index (χ2n) is 4.09. The topological polar surface area (TPSA) is 29.9 Å². The summed E-state index contributed by atoms with van der Waals surface area (Å²) in [5, 5.41) is 9.25. The Morgan fingerprint density at radius 1 is 1.25 bits per heavy atom. The van der Waals surface area contributed by atoms with E-state index in [4.69, 9.17) is 0 Å². The van der Waals surface area contributed by atoms with Gasteiger partial charge in [0.25, 0.3) is 0 Å². The number of aromatic nitrogens is 2. The second kappa shape index (κ2) is 5.12. The molecule has 2 rings (SSSR count). The quantitative estimate of drug-likeness (QED) is 0.777. The number of nitrogens with one attached hydrogen (secondary N) is 1. The van der Waals surface area contributed by atoms with Gasteiger partial charge in [-0.25, -0.2) is 0 Å². The van der Waals surface area contributed by atoms with E-state index >= 15 is 0 Å². The van der Waals surface area contributed by atoms with E-state index in [0.29, 0.717) is 0 Å². The number of hydrogen-bond donors (Lipinski definition) is 1. The molecule has 0 saturated heterocycles. The molecular formula is C13H19N3. The van der Waals surface area contributed by atoms with E-state index < -0.39 is 0 Å². The Morgan fingerprint density at radius 2 is 2.06 bits per heavy atom. The summed E-state index contributed by atoms with van der Waals surface area (Å²) in [7, 11) is 2.01. The predicted octanol–water partition coefficient (Wildman–Crippen LogP) is 2.12. The molecule has 1 N–H and O–H groups in total. The van der Waals surface area contributed by atoms with Gasteiger partial charge in [0.15, 0.2) is 0 Å². The fourth-order valence-electron chi connectivity index (χ4n) is 1.98. The van der Waals surface area contributed by atoms with Crippen molar-refractivity contribution in [3.05, 3.63) is 30.0 Å². The van der Waals surface area contributed by atoms with E-state index in [1.54, 1.807) is 0 Å². The van der Waals surface area contributed by atoms with Gasteiger partial charge in [-0.2, -0.15) is 5.10 Å². The highest BCUT2D eigenvalue weighted by Crippen LogP contribution is 2.17. The molecule has 0 amide bonds. The van der Waals surface area contributed by atoms with Gasteiger partial charge in [0.05, 0.1) is 11.2 Å². The van der Waals surface area contributed by atoms with Crippen LogP contribution >= 0.6 is 0 Å². The van der Waals surface area contributed by atoms with Gasteiger partial charge in [-0.1, -0.05) is 25.1 Å². The summed E-state index contributed by atoms with van der Waals surface area (Å²) < 4.78 is 1.96. The molecule has 0 aliphatic carbocycles. The Bertz CT molecular complexity index is 459. The third-order valence-electron chi connectivity index (χ3n) is 2.80. The van der Waals surface area contributed by atoms with Crippen LogP contribution in [0.25, 0.3) is 10.9 Å². The zero-order valence-corrected chi connectivity index (χ0v) is 10.0. The number of nitrogens with zero attached hydrogens (tertiary/aromatic N) is 2. The van der Waals surface area contributed by atoms with E-state index in [1.165, 1.54) is 23.0 Å². The first kappa shape index (κ1) is 11.1. The molecule has 1 aromatic heterocycles. The maximum atomic E-state index is 4.56. The summed E-state index contributed by atoms with van der Waals surface area (Å²) in [5.41, 5.74) is 2.41. The molecule has 0 aliphatic heterocycles. The molecule has 0 unspecified atom stereocenters. The molecule has 16 heavy (non-hydrogen) atoms. The number of para-hydroxylation sites is 1. The van der Waals surface area contributed by atoms with Crippen molar-refractivity contribution in [1.29, 1.82) is 0 Å². The normalized spacial score (nSPS) is 11.1. The van der Waals surface area contributed by atoms with Gasteiger partial charge < -0.3 is 5.32 Å². The van der Waals surface area contributed by atoms with Gasteiger partial charge in [-0.05, 0) is 19.0 Å². The van der Waals surface area contributed by atoms with Crippen LogP contribution in [-0.2, 0) is 13.5 Å². The van der Waals surface area contributed by atoms with Crippen LogP contribution in [0.5, 0.6) is 0 Å². The van der Waals surface area contributed by atoms with Crippen molar-refractivity contribution in [1.82, 2.24) is 15.1 Å². The minimum atomic E-state index is 1.00. The fraction of sp³-hybridized carbons (Fsp3) is 0.462. The van der Waals surface area contributed by atoms with E-state index in [2.05, 4.69) is 41.6 Å². The average Bonchev–Trinajstić information content (AvgIpc) is 2.63. The second-order valence-corrected chi connectivity index (χ2v) is 4.09. The molecule has 0 fully saturated rings. The summed E-state index contributed by atoms with van der Waals surface area (Å²) in [6.45, 7) is 4.28. The number of rotatable bonds is 5. The van der Waals surface area contributed by atoms with Crippen molar-refractivity contribution in [2.75, 3.05) is 13.1 Å². The van der Waals surface area contributed by atoms with Crippen LogP contribution in [0.15, 0.2) is 24.3 Å². The fourth-order valence-corrected chi connectivity index (χ4v) is 1.98. The molecular weight excluding hydrogens is 198 g/mol. The summed E-state index contributed by atoms with van der Waals surface area (Å²) in [6, 6.07) is 8.40. The lowest BCUT2D eigenvalue weighted by Gasteiger charge is -2.00. The molecule has 1 heterocycles. The van der Waals surface area contributed by atoms with E-state index in [-0.39, 0.29) is 0 Å². The van der Waals surface area contributed by atoms with Crippen LogP contribution in [0.3, 0.4) is 0 Å². The highest BCUT2D eigenvalue weighted by molar-refractivity contribution is 5.81. The molecule has 0 bridgehead atoms. The lowest BCUT2D eigenvalue weighted by atomic mass is 10.1. The van der Waals surface area contributed by atoms with Crippen LogP contribution in [0.2, 0.25) is 0 Å². The van der Waals surface area contributed by atoms with Crippen molar-refractivity contribution >= 4 is 10.9 Å². The zero-order chi connectivity index (χ0) is 11.4. The number of fused-ring (bicyclic) bond motifs is 1. The molecule has 3 nitrogen and oxygen atoms in total. The van der Waals surface area contributed by atoms with E-state index in [9.17, 15) is 0 Å². The third-order valence-corrected chi connectivity index (χ3v) is 2.80. The van der Waals surface area contributed by atoms with Gasteiger partial charge >= 0.3 is 0 Å². The SMILES string of the molecule is CCCNCCc1nn(C)c2ccccc12. The summed E-state index contributed by atoms with van der Waals surface area (Å²) in [4.78, 5) is 0. The smallest absolute Gasteiger partial charge is 0.0715 e. The van der Waals surface area contributed by atoms with Gasteiger partial charge in [0.1, 0.15) is 0 Å². The first-order valence-corrected chi connectivity index (χ1v) is 5.94. The van der Waals surface area contributed by atoms with Crippen LogP contribution < -0.4 is 5.32 Å². The maximum Gasteiger partial charge on any atom is 0.0715 e. The van der Waals surface area contributed by atoms with Crippen LogP contribution in [0.4, 0.5) is 0 Å². The van der Waals surface area contributed by atoms with E-state index in [1.807, 2.05) is 11.7 Å². The minimum absolute atomic E-state index is 1.00. The lowest BCUT2D eigenvalue weighted by molar-refractivity contribution is 0.658. The van der Waals surface area contributed by atoms with Crippen LogP contribution in [0, 0.1) is 0 Å². The molecule has 3 heteroatoms. The molecule has 0 spiro atoms. The van der Waals surface area contributed by atoms with E-state index in [0.717, 1.165) is 19.5 Å². The predicted molar refractivity (Wildman–Crippen MR) is 67.6 cm³/mol. The standard InChI is InChI=1S/C13H19N3/c1-3-9-14-10-8-12-11-6-4-5-7-13(11)16(2)15-12/h4-7,14H,3,8-10H2,1-2H3. The molecule has 0 radical (unpaired) electrons. The maximum absolute atomic E-state index is 4.56. The Morgan fingerprint density at radius 3 is 2.88 bits per heavy atom. The highest BCUT2D eigenvalue weighted by atomic mass is 15.3. The molecule has 0 atom stereocenters. The number of hydrogen-bond acceptors (Lipinski definition) is 2. The van der Waals surface area contributed by atoms with Crippen molar-refractivity contribution in [3.63, 3.8) is 0 Å². The largest absolute Gasteiger partial charge is 0.316 e. The summed E-state index contributed by atoms with van der Waals surface area (Å²) >= 11 is 0.